The first-order valence-electron chi connectivity index (χ1n) is 9.74. The van der Waals surface area contributed by atoms with Crippen LogP contribution in [-0.2, 0) is 28.8 Å². The minimum absolute atomic E-state index is 0.0434. The molecule has 3 rings (SSSR count). The van der Waals surface area contributed by atoms with E-state index in [0.717, 1.165) is 60.5 Å². The summed E-state index contributed by atoms with van der Waals surface area (Å²) in [5.74, 6) is 3.50. The van der Waals surface area contributed by atoms with Crippen molar-refractivity contribution >= 4 is 17.7 Å². The van der Waals surface area contributed by atoms with Crippen LogP contribution in [0.1, 0.15) is 56.2 Å². The first kappa shape index (κ1) is 19.4. The molecule has 1 saturated carbocycles. The summed E-state index contributed by atoms with van der Waals surface area (Å²) in [7, 11) is 1.44. The van der Waals surface area contributed by atoms with Crippen molar-refractivity contribution in [1.82, 2.24) is 0 Å². The molecule has 1 spiro atoms. The third-order valence-electron chi connectivity index (χ3n) is 6.00. The Morgan fingerprint density at radius 2 is 2.15 bits per heavy atom. The molecular formula is C21H30O4S. The number of aryl methyl sites for hydroxylation is 1. The maximum absolute atomic E-state index is 11.3. The molecule has 0 saturated heterocycles. The van der Waals surface area contributed by atoms with Gasteiger partial charge in [0.25, 0.3) is 0 Å². The fourth-order valence-electron chi connectivity index (χ4n) is 4.23. The Morgan fingerprint density at radius 1 is 1.38 bits per heavy atom. The van der Waals surface area contributed by atoms with Crippen LogP contribution in [0.15, 0.2) is 6.07 Å². The van der Waals surface area contributed by atoms with Crippen LogP contribution in [0.3, 0.4) is 0 Å². The van der Waals surface area contributed by atoms with Crippen LogP contribution in [0.5, 0.6) is 11.5 Å². The van der Waals surface area contributed by atoms with Crippen molar-refractivity contribution in [2.75, 3.05) is 18.6 Å². The Kier molecular flexibility index (Phi) is 6.06. The highest BCUT2D eigenvalue weighted by molar-refractivity contribution is 7.99. The van der Waals surface area contributed by atoms with Crippen molar-refractivity contribution in [3.63, 3.8) is 0 Å². The number of fused-ring (bicyclic) bond motifs is 1. The molecule has 0 amide bonds. The molecule has 1 aliphatic heterocycles. The van der Waals surface area contributed by atoms with E-state index in [4.69, 9.17) is 9.47 Å². The minimum atomic E-state index is -0.147. The zero-order chi connectivity index (χ0) is 18.7. The summed E-state index contributed by atoms with van der Waals surface area (Å²) in [5, 5.41) is 10.6. The van der Waals surface area contributed by atoms with Crippen molar-refractivity contribution in [2.24, 2.45) is 5.92 Å². The molecule has 5 heteroatoms. The number of rotatable bonds is 7. The normalized spacial score (nSPS) is 20.2. The number of esters is 1. The number of aromatic hydroxyl groups is 1. The van der Waals surface area contributed by atoms with E-state index < -0.39 is 0 Å². The van der Waals surface area contributed by atoms with Gasteiger partial charge in [0.2, 0.25) is 0 Å². The third kappa shape index (κ3) is 3.55. The van der Waals surface area contributed by atoms with Crippen LogP contribution >= 0.6 is 11.8 Å². The number of hydrogen-bond acceptors (Lipinski definition) is 5. The number of carbonyl (C=O) groups is 1. The van der Waals surface area contributed by atoms with Crippen molar-refractivity contribution in [2.45, 2.75) is 64.4 Å². The largest absolute Gasteiger partial charge is 0.507 e. The molecule has 1 aliphatic carbocycles. The van der Waals surface area contributed by atoms with E-state index in [0.29, 0.717) is 18.1 Å². The van der Waals surface area contributed by atoms with E-state index in [9.17, 15) is 9.90 Å². The number of carbonyl (C=O) groups excluding carboxylic acids is 1. The highest BCUT2D eigenvalue weighted by atomic mass is 32.2. The van der Waals surface area contributed by atoms with Crippen LogP contribution in [-0.4, -0.2) is 35.3 Å². The van der Waals surface area contributed by atoms with Crippen LogP contribution < -0.4 is 4.74 Å². The lowest BCUT2D eigenvalue weighted by Crippen LogP contribution is -2.54. The van der Waals surface area contributed by atoms with Gasteiger partial charge in [0, 0.05) is 28.6 Å². The second kappa shape index (κ2) is 8.12. The lowest BCUT2D eigenvalue weighted by molar-refractivity contribution is -0.140. The molecule has 0 radical (unpaired) electrons. The first-order chi connectivity index (χ1) is 12.5. The third-order valence-corrected chi connectivity index (χ3v) is 7.13. The van der Waals surface area contributed by atoms with E-state index in [2.05, 4.69) is 19.9 Å². The fourth-order valence-corrected chi connectivity index (χ4v) is 5.41. The number of hydrogen-bond donors (Lipinski definition) is 1. The lowest BCUT2D eigenvalue weighted by atomic mass is 9.67. The maximum Gasteiger partial charge on any atom is 0.306 e. The van der Waals surface area contributed by atoms with Gasteiger partial charge in [-0.3, -0.25) is 4.79 Å². The molecule has 1 aromatic rings. The van der Waals surface area contributed by atoms with Gasteiger partial charge >= 0.3 is 5.97 Å². The lowest BCUT2D eigenvalue weighted by Gasteiger charge is -2.51. The Hall–Kier alpha value is -1.36. The molecule has 1 aromatic carbocycles. The van der Waals surface area contributed by atoms with E-state index in [1.54, 1.807) is 0 Å². The summed E-state index contributed by atoms with van der Waals surface area (Å²) in [6, 6.07) is 2.06. The van der Waals surface area contributed by atoms with Crippen LogP contribution in [0, 0.1) is 5.92 Å². The molecule has 0 bridgehead atoms. The highest BCUT2D eigenvalue weighted by Gasteiger charge is 2.49. The predicted octanol–water partition coefficient (Wildman–Crippen LogP) is 4.29. The maximum atomic E-state index is 11.3. The van der Waals surface area contributed by atoms with Crippen LogP contribution in [0.25, 0.3) is 0 Å². The molecule has 26 heavy (non-hydrogen) atoms. The molecule has 0 aromatic heterocycles. The molecule has 1 fully saturated rings. The zero-order valence-corrected chi connectivity index (χ0v) is 16.9. The minimum Gasteiger partial charge on any atom is -0.507 e. The average Bonchev–Trinajstić information content (AvgIpc) is 2.62. The smallest absolute Gasteiger partial charge is 0.306 e. The second-order valence-electron chi connectivity index (χ2n) is 7.37. The number of phenols is 1. The molecule has 1 heterocycles. The summed E-state index contributed by atoms with van der Waals surface area (Å²) in [4.78, 5) is 11.3. The van der Waals surface area contributed by atoms with E-state index in [1.807, 2.05) is 11.8 Å². The van der Waals surface area contributed by atoms with Gasteiger partial charge in [0.15, 0.2) is 0 Å². The van der Waals surface area contributed by atoms with E-state index in [-0.39, 0.29) is 11.6 Å². The number of benzene rings is 1. The molecule has 4 nitrogen and oxygen atoms in total. The summed E-state index contributed by atoms with van der Waals surface area (Å²) in [6.07, 6.45) is 6.49. The van der Waals surface area contributed by atoms with Gasteiger partial charge in [0.05, 0.1) is 13.5 Å². The second-order valence-corrected chi connectivity index (χ2v) is 8.52. The highest BCUT2D eigenvalue weighted by Crippen LogP contribution is 2.51. The first-order valence-corrected chi connectivity index (χ1v) is 10.9. The number of methoxy groups -OCH3 is 1. The van der Waals surface area contributed by atoms with Gasteiger partial charge in [-0.05, 0) is 50.2 Å². The van der Waals surface area contributed by atoms with Gasteiger partial charge < -0.3 is 14.6 Å². The Morgan fingerprint density at radius 3 is 2.73 bits per heavy atom. The van der Waals surface area contributed by atoms with Crippen molar-refractivity contribution in [1.29, 1.82) is 0 Å². The van der Waals surface area contributed by atoms with Crippen molar-refractivity contribution in [3.05, 3.63) is 22.8 Å². The van der Waals surface area contributed by atoms with Gasteiger partial charge in [-0.25, -0.2) is 0 Å². The fraction of sp³-hybridized carbons (Fsp3) is 0.667. The Labute approximate surface area is 160 Å². The standard InChI is InChI=1S/C21H30O4S/c1-4-14-11-18-17(16(5-2)20(14)23)12-15(21(25-18)8-6-9-21)13-26-10-7-19(22)24-3/h11,15,23H,4-10,12-13H2,1-3H3. The van der Waals surface area contributed by atoms with Gasteiger partial charge in [-0.2, -0.15) is 11.8 Å². The summed E-state index contributed by atoms with van der Waals surface area (Å²) in [6.45, 7) is 4.17. The molecule has 1 atom stereocenters. The van der Waals surface area contributed by atoms with Crippen molar-refractivity contribution in [3.8, 4) is 11.5 Å². The molecule has 1 unspecified atom stereocenters. The Balaban J connectivity index is 1.79. The van der Waals surface area contributed by atoms with Gasteiger partial charge in [-0.15, -0.1) is 0 Å². The Bertz CT molecular complexity index is 666. The molecular weight excluding hydrogens is 348 g/mol. The monoisotopic (exact) mass is 378 g/mol. The van der Waals surface area contributed by atoms with Crippen molar-refractivity contribution < 1.29 is 19.4 Å². The summed E-state index contributed by atoms with van der Waals surface area (Å²) >= 11 is 1.81. The molecule has 1 N–H and O–H groups in total. The van der Waals surface area contributed by atoms with Gasteiger partial charge in [0.1, 0.15) is 17.1 Å². The zero-order valence-electron chi connectivity index (χ0n) is 16.1. The topological polar surface area (TPSA) is 55.8 Å². The quantitative estimate of drug-likeness (QED) is 0.567. The summed E-state index contributed by atoms with van der Waals surface area (Å²) < 4.78 is 11.3. The van der Waals surface area contributed by atoms with Crippen LogP contribution in [0.2, 0.25) is 0 Å². The number of phenolic OH excluding ortho intramolecular Hbond substituents is 1. The van der Waals surface area contributed by atoms with E-state index >= 15 is 0 Å². The molecule has 2 aliphatic rings. The SMILES string of the molecule is CCc1cc2c(c(CC)c1O)CC(CSCCC(=O)OC)C1(CCC1)O2. The number of thioether (sulfide) groups is 1. The van der Waals surface area contributed by atoms with Gasteiger partial charge in [-0.1, -0.05) is 13.8 Å². The molecule has 144 valence electrons. The summed E-state index contributed by atoms with van der Waals surface area (Å²) in [5.41, 5.74) is 3.19. The predicted molar refractivity (Wildman–Crippen MR) is 105 cm³/mol. The average molecular weight is 379 g/mol. The van der Waals surface area contributed by atoms with E-state index in [1.165, 1.54) is 19.1 Å². The van der Waals surface area contributed by atoms with Crippen LogP contribution in [0.4, 0.5) is 0 Å². The number of ether oxygens (including phenoxy) is 2.